The first-order chi connectivity index (χ1) is 13.7. The van der Waals surface area contributed by atoms with Gasteiger partial charge in [0.2, 0.25) is 0 Å². The highest BCUT2D eigenvalue weighted by atomic mass is 32.1. The maximum atomic E-state index is 12.5. The predicted octanol–water partition coefficient (Wildman–Crippen LogP) is 4.32. The molecule has 4 rings (SSSR count). The second-order valence-corrected chi connectivity index (χ2v) is 8.54. The van der Waals surface area contributed by atoms with Crippen LogP contribution in [0.3, 0.4) is 0 Å². The van der Waals surface area contributed by atoms with E-state index in [1.807, 2.05) is 35.0 Å². The number of nitrogens with zero attached hydrogens (tertiary/aromatic N) is 2. The highest BCUT2D eigenvalue weighted by Crippen LogP contribution is 2.32. The maximum Gasteiger partial charge on any atom is 0.331 e. The molecule has 1 aromatic carbocycles. The van der Waals surface area contributed by atoms with Crippen molar-refractivity contribution in [2.45, 2.75) is 18.8 Å². The smallest absolute Gasteiger partial charge is 0.331 e. The summed E-state index contributed by atoms with van der Waals surface area (Å²) < 4.78 is 6.29. The zero-order valence-corrected chi connectivity index (χ0v) is 16.9. The summed E-state index contributed by atoms with van der Waals surface area (Å²) in [7, 11) is 0. The van der Waals surface area contributed by atoms with Gasteiger partial charge < -0.3 is 9.64 Å². The van der Waals surface area contributed by atoms with E-state index in [0.29, 0.717) is 13.1 Å². The normalized spacial score (nSPS) is 17.3. The van der Waals surface area contributed by atoms with E-state index in [1.165, 1.54) is 10.8 Å². The quantitative estimate of drug-likeness (QED) is 0.463. The molecule has 3 aromatic rings. The fourth-order valence-corrected chi connectivity index (χ4v) is 5.00. The van der Waals surface area contributed by atoms with Crippen molar-refractivity contribution >= 4 is 50.8 Å². The molecule has 1 atom stereocenters. The summed E-state index contributed by atoms with van der Waals surface area (Å²) in [6.45, 7) is 1.10. The Morgan fingerprint density at radius 2 is 2.18 bits per heavy atom. The molecule has 1 aliphatic rings. The van der Waals surface area contributed by atoms with Crippen LogP contribution in [0.25, 0.3) is 16.3 Å². The largest absolute Gasteiger partial charge is 0.452 e. The first-order valence-corrected chi connectivity index (χ1v) is 11.0. The minimum Gasteiger partial charge on any atom is -0.452 e. The van der Waals surface area contributed by atoms with Gasteiger partial charge in [0.25, 0.3) is 5.91 Å². The minimum absolute atomic E-state index is 0.150. The number of para-hydroxylation sites is 1. The SMILES string of the molecule is O=C(/C=C/c1ccsc1)OCC(=O)N1CCC[C@H](c2nc3ccccc3s2)C1. The van der Waals surface area contributed by atoms with Gasteiger partial charge in [-0.25, -0.2) is 9.78 Å². The number of hydrogen-bond donors (Lipinski definition) is 0. The van der Waals surface area contributed by atoms with Crippen LogP contribution in [-0.2, 0) is 14.3 Å². The summed E-state index contributed by atoms with van der Waals surface area (Å²) in [4.78, 5) is 30.8. The maximum absolute atomic E-state index is 12.5. The molecule has 7 heteroatoms. The molecule has 1 amide bonds. The highest BCUT2D eigenvalue weighted by molar-refractivity contribution is 7.18. The van der Waals surface area contributed by atoms with Crippen molar-refractivity contribution in [3.63, 3.8) is 0 Å². The van der Waals surface area contributed by atoms with E-state index >= 15 is 0 Å². The molecule has 5 nitrogen and oxygen atoms in total. The molecular formula is C21H20N2O3S2. The third-order valence-corrected chi connectivity index (χ3v) is 6.63. The number of thiophene rings is 1. The zero-order chi connectivity index (χ0) is 19.3. The van der Waals surface area contributed by atoms with Gasteiger partial charge in [-0.15, -0.1) is 11.3 Å². The first-order valence-electron chi connectivity index (χ1n) is 9.19. The molecule has 0 N–H and O–H groups in total. The third kappa shape index (κ3) is 4.48. The molecule has 1 aliphatic heterocycles. The van der Waals surface area contributed by atoms with E-state index in [-0.39, 0.29) is 18.4 Å². The summed E-state index contributed by atoms with van der Waals surface area (Å²) in [6, 6.07) is 10.0. The van der Waals surface area contributed by atoms with Gasteiger partial charge >= 0.3 is 5.97 Å². The number of amides is 1. The van der Waals surface area contributed by atoms with Gasteiger partial charge in [-0.05, 0) is 53.4 Å². The van der Waals surface area contributed by atoms with Crippen molar-refractivity contribution in [1.29, 1.82) is 0 Å². The van der Waals surface area contributed by atoms with Crippen molar-refractivity contribution in [2.24, 2.45) is 0 Å². The van der Waals surface area contributed by atoms with Crippen molar-refractivity contribution < 1.29 is 14.3 Å². The number of fused-ring (bicyclic) bond motifs is 1. The number of benzene rings is 1. The fourth-order valence-electron chi connectivity index (χ4n) is 3.28. The zero-order valence-electron chi connectivity index (χ0n) is 15.2. The second-order valence-electron chi connectivity index (χ2n) is 6.70. The van der Waals surface area contributed by atoms with Crippen LogP contribution in [0.15, 0.2) is 47.2 Å². The average molecular weight is 413 g/mol. The molecule has 2 aromatic heterocycles. The molecule has 3 heterocycles. The molecule has 0 saturated carbocycles. The van der Waals surface area contributed by atoms with Gasteiger partial charge in [-0.1, -0.05) is 12.1 Å². The Morgan fingerprint density at radius 1 is 1.29 bits per heavy atom. The Hall–Kier alpha value is -2.51. The Balaban J connectivity index is 1.32. The lowest BCUT2D eigenvalue weighted by Gasteiger charge is -2.31. The lowest BCUT2D eigenvalue weighted by atomic mass is 9.99. The highest BCUT2D eigenvalue weighted by Gasteiger charge is 2.27. The summed E-state index contributed by atoms with van der Waals surface area (Å²) in [5.41, 5.74) is 1.96. The molecule has 144 valence electrons. The van der Waals surface area contributed by atoms with Crippen LogP contribution in [0.1, 0.15) is 29.3 Å². The number of likely N-dealkylation sites (tertiary alicyclic amines) is 1. The van der Waals surface area contributed by atoms with Gasteiger partial charge in [-0.3, -0.25) is 4.79 Å². The number of carbonyl (C=O) groups excluding carboxylic acids is 2. The van der Waals surface area contributed by atoms with Crippen LogP contribution in [0.2, 0.25) is 0 Å². The molecule has 0 unspecified atom stereocenters. The summed E-state index contributed by atoms with van der Waals surface area (Å²) >= 11 is 3.26. The van der Waals surface area contributed by atoms with E-state index < -0.39 is 5.97 Å². The molecule has 1 fully saturated rings. The second kappa shape index (κ2) is 8.67. The van der Waals surface area contributed by atoms with Gasteiger partial charge in [0.1, 0.15) is 0 Å². The Morgan fingerprint density at radius 3 is 3.00 bits per heavy atom. The predicted molar refractivity (Wildman–Crippen MR) is 112 cm³/mol. The molecule has 0 radical (unpaired) electrons. The van der Waals surface area contributed by atoms with E-state index in [1.54, 1.807) is 33.6 Å². The van der Waals surface area contributed by atoms with Crippen molar-refractivity contribution in [1.82, 2.24) is 9.88 Å². The van der Waals surface area contributed by atoms with Gasteiger partial charge in [-0.2, -0.15) is 11.3 Å². The van der Waals surface area contributed by atoms with Crippen LogP contribution in [0, 0.1) is 0 Å². The van der Waals surface area contributed by atoms with Crippen LogP contribution in [-0.4, -0.2) is 41.5 Å². The third-order valence-electron chi connectivity index (χ3n) is 4.73. The number of piperidine rings is 1. The van der Waals surface area contributed by atoms with E-state index in [9.17, 15) is 9.59 Å². The molecule has 28 heavy (non-hydrogen) atoms. The Kier molecular flexibility index (Phi) is 5.83. The van der Waals surface area contributed by atoms with Crippen molar-refractivity contribution in [2.75, 3.05) is 19.7 Å². The average Bonchev–Trinajstić information content (AvgIpc) is 3.40. The van der Waals surface area contributed by atoms with Crippen LogP contribution in [0.5, 0.6) is 0 Å². The number of ether oxygens (including phenoxy) is 1. The number of aromatic nitrogens is 1. The van der Waals surface area contributed by atoms with Gasteiger partial charge in [0.15, 0.2) is 6.61 Å². The van der Waals surface area contributed by atoms with Gasteiger partial charge in [0, 0.05) is 25.1 Å². The fraction of sp³-hybridized carbons (Fsp3) is 0.286. The molecule has 1 saturated heterocycles. The molecule has 0 aliphatic carbocycles. The standard InChI is InChI=1S/C21H20N2O3S2/c24-19(13-26-20(25)8-7-15-9-11-27-14-15)23-10-3-4-16(12-23)21-22-17-5-1-2-6-18(17)28-21/h1-2,5-9,11,14,16H,3-4,10,12-13H2/b8-7+/t16-/m0/s1. The minimum atomic E-state index is -0.501. The van der Waals surface area contributed by atoms with E-state index in [0.717, 1.165) is 28.9 Å². The Labute approximate surface area is 171 Å². The Bertz CT molecular complexity index is 961. The number of rotatable bonds is 5. The number of thiazole rings is 1. The molecular weight excluding hydrogens is 392 g/mol. The number of carbonyl (C=O) groups is 2. The van der Waals surface area contributed by atoms with Gasteiger partial charge in [0.05, 0.1) is 15.2 Å². The molecule has 0 spiro atoms. The summed E-state index contributed by atoms with van der Waals surface area (Å²) in [6.07, 6.45) is 4.99. The summed E-state index contributed by atoms with van der Waals surface area (Å²) in [5.74, 6) is -0.410. The topological polar surface area (TPSA) is 59.5 Å². The lowest BCUT2D eigenvalue weighted by Crippen LogP contribution is -2.41. The van der Waals surface area contributed by atoms with E-state index in [4.69, 9.17) is 9.72 Å². The number of hydrogen-bond acceptors (Lipinski definition) is 6. The number of esters is 1. The monoisotopic (exact) mass is 412 g/mol. The molecule has 0 bridgehead atoms. The first kappa shape index (κ1) is 18.8. The van der Waals surface area contributed by atoms with Crippen LogP contribution in [0.4, 0.5) is 0 Å². The van der Waals surface area contributed by atoms with Crippen LogP contribution >= 0.6 is 22.7 Å². The van der Waals surface area contributed by atoms with Crippen molar-refractivity contribution in [3.05, 3.63) is 57.7 Å². The summed E-state index contributed by atoms with van der Waals surface area (Å²) in [5, 5.41) is 4.95. The van der Waals surface area contributed by atoms with Crippen molar-refractivity contribution in [3.8, 4) is 0 Å². The lowest BCUT2D eigenvalue weighted by molar-refractivity contribution is -0.148. The van der Waals surface area contributed by atoms with Crippen LogP contribution < -0.4 is 0 Å². The van der Waals surface area contributed by atoms with E-state index in [2.05, 4.69) is 6.07 Å².